The van der Waals surface area contributed by atoms with Crippen LogP contribution in [0.1, 0.15) is 0 Å². The van der Waals surface area contributed by atoms with Crippen molar-refractivity contribution >= 4 is 5.91 Å². The van der Waals surface area contributed by atoms with Crippen LogP contribution in [0.4, 0.5) is 0 Å². The molecule has 0 fully saturated rings. The molecule has 1 amide bonds. The molecule has 5 heteroatoms. The Hall–Kier alpha value is -1.29. The van der Waals surface area contributed by atoms with Gasteiger partial charge in [-0.25, -0.2) is 4.57 Å². The van der Waals surface area contributed by atoms with Gasteiger partial charge in [0.1, 0.15) is 12.4 Å². The molecular weight excluding hydrogens is 178 g/mol. The summed E-state index contributed by atoms with van der Waals surface area (Å²) in [5.41, 5.74) is 0. The zero-order valence-corrected chi connectivity index (χ0v) is 7.21. The van der Waals surface area contributed by atoms with Crippen LogP contribution in [0, 0.1) is 0 Å². The van der Waals surface area contributed by atoms with E-state index >= 15 is 0 Å². The summed E-state index contributed by atoms with van der Waals surface area (Å²) in [6, 6.07) is 0. The summed E-state index contributed by atoms with van der Waals surface area (Å²) in [4.78, 5) is 13.7. The van der Waals surface area contributed by atoms with Crippen molar-refractivity contribution in [3.05, 3.63) is 31.5 Å². The van der Waals surface area contributed by atoms with Crippen LogP contribution in [0.5, 0.6) is 0 Å². The average molecular weight is 188 g/mol. The second-order valence-corrected chi connectivity index (χ2v) is 2.06. The maximum Gasteiger partial charge on any atom is 0.266 e. The number of aromatic nitrogens is 2. The number of imidazole rings is 1. The highest BCUT2D eigenvalue weighted by Crippen LogP contribution is 1.71. The first-order valence-electron chi connectivity index (χ1n) is 3.25. The van der Waals surface area contributed by atoms with E-state index in [4.69, 9.17) is 0 Å². The number of hydrogen-bond donors (Lipinski definition) is 2. The van der Waals surface area contributed by atoms with Crippen molar-refractivity contribution in [3.63, 3.8) is 0 Å². The van der Waals surface area contributed by atoms with Gasteiger partial charge in [0, 0.05) is 0 Å². The third kappa shape index (κ3) is 3.21. The molecule has 0 aliphatic carbocycles. The zero-order valence-electron chi connectivity index (χ0n) is 6.46. The molecule has 1 aromatic heterocycles. The summed E-state index contributed by atoms with van der Waals surface area (Å²) in [7, 11) is 0. The van der Waals surface area contributed by atoms with Crippen LogP contribution in [0.25, 0.3) is 0 Å². The topological polar surface area (TPSA) is 48.8 Å². The molecule has 0 spiro atoms. The van der Waals surface area contributed by atoms with E-state index in [9.17, 15) is 4.79 Å². The first-order valence-corrected chi connectivity index (χ1v) is 3.25. The Labute approximate surface area is 76.7 Å². The van der Waals surface area contributed by atoms with Crippen LogP contribution in [0.15, 0.2) is 31.5 Å². The summed E-state index contributed by atoms with van der Waals surface area (Å²) in [5.74, 6) is -0.0791. The molecule has 0 saturated carbocycles. The molecule has 0 atom stereocenters. The van der Waals surface area contributed by atoms with Crippen molar-refractivity contribution in [2.45, 2.75) is 6.54 Å². The summed E-state index contributed by atoms with van der Waals surface area (Å²) < 4.78 is 1.73. The zero-order chi connectivity index (χ0) is 8.10. The highest BCUT2D eigenvalue weighted by atomic mass is 35.5. The van der Waals surface area contributed by atoms with Gasteiger partial charge in [-0.1, -0.05) is 6.58 Å². The minimum Gasteiger partial charge on any atom is -1.00 e. The first-order chi connectivity index (χ1) is 5.33. The lowest BCUT2D eigenvalue weighted by atomic mass is 10.6. The predicted molar refractivity (Wildman–Crippen MR) is 39.3 cm³/mol. The molecule has 12 heavy (non-hydrogen) atoms. The first kappa shape index (κ1) is 10.7. The smallest absolute Gasteiger partial charge is 0.266 e. The van der Waals surface area contributed by atoms with Gasteiger partial charge in [0.05, 0.1) is 0 Å². The van der Waals surface area contributed by atoms with Crippen LogP contribution in [-0.4, -0.2) is 10.9 Å². The summed E-state index contributed by atoms with van der Waals surface area (Å²) in [5, 5.41) is 2.47. The lowest BCUT2D eigenvalue weighted by Crippen LogP contribution is -3.00. The Balaban J connectivity index is 0.00000121. The Morgan fingerprint density at radius 1 is 1.75 bits per heavy atom. The molecular formula is C7H10ClN3O. The van der Waals surface area contributed by atoms with E-state index in [-0.39, 0.29) is 18.3 Å². The third-order valence-corrected chi connectivity index (χ3v) is 1.19. The fourth-order valence-electron chi connectivity index (χ4n) is 0.744. The van der Waals surface area contributed by atoms with Gasteiger partial charge >= 0.3 is 0 Å². The number of carbonyl (C=O) groups is 1. The van der Waals surface area contributed by atoms with Gasteiger partial charge in [-0.15, -0.1) is 0 Å². The number of halogens is 1. The minimum absolute atomic E-state index is 0. The second kappa shape index (κ2) is 5.37. The molecule has 1 aromatic rings. The highest BCUT2D eigenvalue weighted by Gasteiger charge is 2.02. The summed E-state index contributed by atoms with van der Waals surface area (Å²) >= 11 is 0. The number of amides is 1. The Kier molecular flexibility index (Phi) is 4.79. The molecule has 0 unspecified atom stereocenters. The molecule has 1 rings (SSSR count). The lowest BCUT2D eigenvalue weighted by molar-refractivity contribution is -0.683. The number of aromatic amines is 1. The fraction of sp³-hybridized carbons (Fsp3) is 0.143. The van der Waals surface area contributed by atoms with Crippen LogP contribution in [0.3, 0.4) is 0 Å². The molecule has 4 nitrogen and oxygen atoms in total. The second-order valence-electron chi connectivity index (χ2n) is 2.06. The highest BCUT2D eigenvalue weighted by molar-refractivity contribution is 5.75. The van der Waals surface area contributed by atoms with E-state index in [0.29, 0.717) is 6.54 Å². The van der Waals surface area contributed by atoms with Crippen molar-refractivity contribution in [2.24, 2.45) is 0 Å². The van der Waals surface area contributed by atoms with Crippen molar-refractivity contribution in [2.75, 3.05) is 0 Å². The van der Waals surface area contributed by atoms with E-state index < -0.39 is 0 Å². The van der Waals surface area contributed by atoms with E-state index in [2.05, 4.69) is 16.9 Å². The maximum atomic E-state index is 10.9. The average Bonchev–Trinajstić information content (AvgIpc) is 2.40. The van der Waals surface area contributed by atoms with Crippen LogP contribution < -0.4 is 22.3 Å². The van der Waals surface area contributed by atoms with Gasteiger partial charge in [-0.05, 0) is 6.20 Å². The molecule has 0 bridgehead atoms. The predicted octanol–water partition coefficient (Wildman–Crippen LogP) is -3.43. The lowest BCUT2D eigenvalue weighted by Gasteiger charge is -1.94. The van der Waals surface area contributed by atoms with Gasteiger partial charge < -0.3 is 17.7 Å². The number of nitrogens with zero attached hydrogens (tertiary/aromatic N) is 1. The number of nitrogens with one attached hydrogen (secondary N) is 2. The minimum atomic E-state index is -0.0791. The van der Waals surface area contributed by atoms with Crippen LogP contribution in [-0.2, 0) is 11.3 Å². The molecule has 1 heterocycles. The fourth-order valence-corrected chi connectivity index (χ4v) is 0.744. The molecule has 0 aromatic carbocycles. The van der Waals surface area contributed by atoms with Crippen LogP contribution in [0.2, 0.25) is 0 Å². The van der Waals surface area contributed by atoms with Gasteiger partial charge in [0.25, 0.3) is 5.91 Å². The van der Waals surface area contributed by atoms with Gasteiger partial charge in [0.15, 0.2) is 6.54 Å². The molecule has 2 N–H and O–H groups in total. The van der Waals surface area contributed by atoms with E-state index in [1.807, 2.05) is 0 Å². The number of carbonyl (C=O) groups excluding carboxylic acids is 1. The molecule has 0 aliphatic rings. The number of rotatable bonds is 3. The third-order valence-electron chi connectivity index (χ3n) is 1.19. The van der Waals surface area contributed by atoms with E-state index in [0.717, 1.165) is 0 Å². The molecule has 0 saturated heterocycles. The number of H-pyrrole nitrogens is 1. The summed E-state index contributed by atoms with van der Waals surface area (Å²) in [6.45, 7) is 3.70. The molecule has 0 aliphatic heterocycles. The normalized spacial score (nSPS) is 8.33. The van der Waals surface area contributed by atoms with Gasteiger partial charge in [0.2, 0.25) is 6.33 Å². The van der Waals surface area contributed by atoms with Crippen LogP contribution >= 0.6 is 0 Å². The van der Waals surface area contributed by atoms with Crippen molar-refractivity contribution < 1.29 is 21.8 Å². The monoisotopic (exact) mass is 187 g/mol. The van der Waals surface area contributed by atoms with E-state index in [1.54, 1.807) is 23.3 Å². The van der Waals surface area contributed by atoms with Crippen molar-refractivity contribution in [1.29, 1.82) is 0 Å². The largest absolute Gasteiger partial charge is 1.00 e. The van der Waals surface area contributed by atoms with Crippen molar-refractivity contribution in [1.82, 2.24) is 10.3 Å². The van der Waals surface area contributed by atoms with Gasteiger partial charge in [-0.3, -0.25) is 9.78 Å². The Bertz CT molecular complexity index is 245. The maximum absolute atomic E-state index is 10.9. The molecule has 66 valence electrons. The SMILES string of the molecule is C=CNC(=O)C[n+]1cc[nH]c1.[Cl-]. The Morgan fingerprint density at radius 3 is 3.00 bits per heavy atom. The number of hydrogen-bond acceptors (Lipinski definition) is 1. The van der Waals surface area contributed by atoms with Crippen molar-refractivity contribution in [3.8, 4) is 0 Å². The van der Waals surface area contributed by atoms with E-state index in [1.165, 1.54) is 6.20 Å². The Morgan fingerprint density at radius 2 is 2.50 bits per heavy atom. The quantitative estimate of drug-likeness (QED) is 0.476. The summed E-state index contributed by atoms with van der Waals surface area (Å²) in [6.07, 6.45) is 6.61. The van der Waals surface area contributed by atoms with Gasteiger partial charge in [-0.2, -0.15) is 0 Å². The standard InChI is InChI=1S/C7H9N3O.ClH/c1-2-9-7(11)5-10-4-3-8-6-10;/h2-4,6H,1,5H2,(H,9,11);1H. The molecule has 0 radical (unpaired) electrons.